The van der Waals surface area contributed by atoms with Gasteiger partial charge >= 0.3 is 0 Å². The first-order valence-electron chi connectivity index (χ1n) is 4.44. The molecule has 4 N–H and O–H groups in total. The fourth-order valence-corrected chi connectivity index (χ4v) is 2.11. The van der Waals surface area contributed by atoms with Crippen LogP contribution in [0.1, 0.15) is 25.7 Å². The maximum Gasteiger partial charge on any atom is 0.274 e. The summed E-state index contributed by atoms with van der Waals surface area (Å²) in [5.74, 6) is 0.231. The quantitative estimate of drug-likeness (QED) is 0.572. The van der Waals surface area contributed by atoms with Gasteiger partial charge in [-0.05, 0) is 18.8 Å². The van der Waals surface area contributed by atoms with Gasteiger partial charge in [0.2, 0.25) is 0 Å². The molecule has 5 nitrogen and oxygen atoms in total. The summed E-state index contributed by atoms with van der Waals surface area (Å²) in [6, 6.07) is 0. The summed E-state index contributed by atoms with van der Waals surface area (Å²) in [7, 11) is -3.66. The second-order valence-corrected chi connectivity index (χ2v) is 4.88. The molecule has 1 aliphatic carbocycles. The van der Waals surface area contributed by atoms with Crippen molar-refractivity contribution in [3.05, 3.63) is 0 Å². The Morgan fingerprint density at radius 3 is 2.46 bits per heavy atom. The molecule has 78 valence electrons. The largest absolute Gasteiger partial charge is 0.391 e. The summed E-state index contributed by atoms with van der Waals surface area (Å²) in [5.41, 5.74) is 0. The van der Waals surface area contributed by atoms with E-state index in [1.54, 1.807) is 0 Å². The minimum atomic E-state index is -3.66. The van der Waals surface area contributed by atoms with Gasteiger partial charge in [-0.15, -0.1) is 0 Å². The number of hydrogen-bond donors (Lipinski definition) is 3. The highest BCUT2D eigenvalue weighted by Gasteiger charge is 2.23. The van der Waals surface area contributed by atoms with Gasteiger partial charge in [-0.25, -0.2) is 5.14 Å². The average Bonchev–Trinajstić information content (AvgIpc) is 2.50. The van der Waals surface area contributed by atoms with Crippen LogP contribution in [0.3, 0.4) is 0 Å². The number of aliphatic hydroxyl groups is 1. The molecule has 0 amide bonds. The molecule has 1 saturated carbocycles. The third-order valence-corrected chi connectivity index (χ3v) is 3.01. The third-order valence-electron chi connectivity index (χ3n) is 2.44. The first kappa shape index (κ1) is 10.9. The second-order valence-electron chi connectivity index (χ2n) is 3.51. The maximum absolute atomic E-state index is 10.5. The summed E-state index contributed by atoms with van der Waals surface area (Å²) in [6.07, 6.45) is 3.61. The number of hydrogen-bond acceptors (Lipinski definition) is 3. The lowest BCUT2D eigenvalue weighted by atomic mass is 10.0. The summed E-state index contributed by atoms with van der Waals surface area (Å²) in [6.45, 7) is 0.0313. The Labute approximate surface area is 78.5 Å². The van der Waals surface area contributed by atoms with E-state index in [9.17, 15) is 13.5 Å². The van der Waals surface area contributed by atoms with E-state index in [1.807, 2.05) is 0 Å². The molecule has 0 aromatic rings. The van der Waals surface area contributed by atoms with Gasteiger partial charge in [0.15, 0.2) is 0 Å². The molecule has 1 unspecified atom stereocenters. The van der Waals surface area contributed by atoms with Crippen molar-refractivity contribution in [2.24, 2.45) is 11.1 Å². The molecular formula is C7H16N2O3S. The Morgan fingerprint density at radius 1 is 1.46 bits per heavy atom. The highest BCUT2D eigenvalue weighted by atomic mass is 32.2. The van der Waals surface area contributed by atoms with Crippen LogP contribution in [0.5, 0.6) is 0 Å². The summed E-state index contributed by atoms with van der Waals surface area (Å²) in [4.78, 5) is 0. The molecular weight excluding hydrogens is 192 g/mol. The highest BCUT2D eigenvalue weighted by molar-refractivity contribution is 7.87. The average molecular weight is 208 g/mol. The number of nitrogens with one attached hydrogen (secondary N) is 1. The summed E-state index contributed by atoms with van der Waals surface area (Å²) < 4.78 is 23.1. The van der Waals surface area contributed by atoms with Crippen LogP contribution in [0.2, 0.25) is 0 Å². The molecule has 1 fully saturated rings. The molecule has 0 aromatic heterocycles. The van der Waals surface area contributed by atoms with Crippen molar-refractivity contribution >= 4 is 10.2 Å². The molecule has 1 atom stereocenters. The SMILES string of the molecule is NS(=O)(=O)NCC(O)C1CCCC1. The third kappa shape index (κ3) is 4.04. The van der Waals surface area contributed by atoms with E-state index >= 15 is 0 Å². The Morgan fingerprint density at radius 2 is 2.00 bits per heavy atom. The Hall–Kier alpha value is -0.170. The van der Waals surface area contributed by atoms with Gasteiger partial charge < -0.3 is 5.11 Å². The van der Waals surface area contributed by atoms with E-state index < -0.39 is 16.3 Å². The Bertz CT molecular complexity index is 246. The zero-order valence-electron chi connectivity index (χ0n) is 7.44. The van der Waals surface area contributed by atoms with Crippen LogP contribution in [-0.4, -0.2) is 26.2 Å². The fourth-order valence-electron chi connectivity index (χ4n) is 1.71. The van der Waals surface area contributed by atoms with Gasteiger partial charge in [0.1, 0.15) is 0 Å². The van der Waals surface area contributed by atoms with Crippen LogP contribution in [-0.2, 0) is 10.2 Å². The first-order chi connectivity index (χ1) is 5.99. The van der Waals surface area contributed by atoms with E-state index in [0.717, 1.165) is 25.7 Å². The van der Waals surface area contributed by atoms with E-state index in [2.05, 4.69) is 4.72 Å². The van der Waals surface area contributed by atoms with Gasteiger partial charge in [-0.1, -0.05) is 12.8 Å². The molecule has 0 radical (unpaired) electrons. The van der Waals surface area contributed by atoms with Gasteiger partial charge in [-0.2, -0.15) is 13.1 Å². The van der Waals surface area contributed by atoms with Crippen LogP contribution in [0.4, 0.5) is 0 Å². The van der Waals surface area contributed by atoms with Crippen molar-refractivity contribution in [3.63, 3.8) is 0 Å². The maximum atomic E-state index is 10.5. The van der Waals surface area contributed by atoms with E-state index in [1.165, 1.54) is 0 Å². The molecule has 6 heteroatoms. The molecule has 1 rings (SSSR count). The highest BCUT2D eigenvalue weighted by Crippen LogP contribution is 2.27. The molecule has 1 aliphatic rings. The molecule has 0 bridgehead atoms. The molecule has 0 aliphatic heterocycles. The predicted molar refractivity (Wildman–Crippen MR) is 49.1 cm³/mol. The monoisotopic (exact) mass is 208 g/mol. The molecule has 0 aromatic carbocycles. The van der Waals surface area contributed by atoms with Crippen molar-refractivity contribution in [2.75, 3.05) is 6.54 Å². The number of aliphatic hydroxyl groups excluding tert-OH is 1. The van der Waals surface area contributed by atoms with Crippen LogP contribution in [0.25, 0.3) is 0 Å². The zero-order valence-corrected chi connectivity index (χ0v) is 8.26. The number of rotatable bonds is 4. The van der Waals surface area contributed by atoms with Crippen molar-refractivity contribution in [1.29, 1.82) is 0 Å². The molecule has 0 saturated heterocycles. The van der Waals surface area contributed by atoms with Gasteiger partial charge in [-0.3, -0.25) is 0 Å². The minimum absolute atomic E-state index is 0.0313. The minimum Gasteiger partial charge on any atom is -0.391 e. The lowest BCUT2D eigenvalue weighted by molar-refractivity contribution is 0.115. The van der Waals surface area contributed by atoms with E-state index in [0.29, 0.717) is 0 Å². The first-order valence-corrected chi connectivity index (χ1v) is 5.99. The smallest absolute Gasteiger partial charge is 0.274 e. The Balaban J connectivity index is 2.28. The van der Waals surface area contributed by atoms with Gasteiger partial charge in [0.25, 0.3) is 10.2 Å². The van der Waals surface area contributed by atoms with Crippen molar-refractivity contribution in [2.45, 2.75) is 31.8 Å². The van der Waals surface area contributed by atoms with Gasteiger partial charge in [0, 0.05) is 6.54 Å². The molecule has 0 heterocycles. The molecule has 13 heavy (non-hydrogen) atoms. The lowest BCUT2D eigenvalue weighted by Gasteiger charge is -2.16. The summed E-state index contributed by atoms with van der Waals surface area (Å²) >= 11 is 0. The van der Waals surface area contributed by atoms with E-state index in [4.69, 9.17) is 5.14 Å². The zero-order chi connectivity index (χ0) is 9.90. The molecule has 0 spiro atoms. The summed E-state index contributed by atoms with van der Waals surface area (Å²) in [5, 5.41) is 14.3. The topological polar surface area (TPSA) is 92.4 Å². The van der Waals surface area contributed by atoms with Crippen LogP contribution < -0.4 is 9.86 Å². The Kier molecular flexibility index (Phi) is 3.66. The van der Waals surface area contributed by atoms with Crippen molar-refractivity contribution in [1.82, 2.24) is 4.72 Å². The second kappa shape index (κ2) is 4.36. The fraction of sp³-hybridized carbons (Fsp3) is 1.00. The predicted octanol–water partition coefficient (Wildman–Crippen LogP) is -0.669. The number of nitrogens with two attached hydrogens (primary N) is 1. The van der Waals surface area contributed by atoms with Crippen molar-refractivity contribution in [3.8, 4) is 0 Å². The normalized spacial score (nSPS) is 22.0. The lowest BCUT2D eigenvalue weighted by Crippen LogP contribution is -2.39. The van der Waals surface area contributed by atoms with Crippen LogP contribution >= 0.6 is 0 Å². The van der Waals surface area contributed by atoms with E-state index in [-0.39, 0.29) is 12.5 Å². The van der Waals surface area contributed by atoms with Crippen molar-refractivity contribution < 1.29 is 13.5 Å². The standard InChI is InChI=1S/C7H16N2O3S/c8-13(11,12)9-5-7(10)6-3-1-2-4-6/h6-7,9-10H,1-5H2,(H2,8,11,12). The van der Waals surface area contributed by atoms with Crippen LogP contribution in [0.15, 0.2) is 0 Å². The van der Waals surface area contributed by atoms with Gasteiger partial charge in [0.05, 0.1) is 6.10 Å². The van der Waals surface area contributed by atoms with Crippen LogP contribution in [0, 0.1) is 5.92 Å².